The van der Waals surface area contributed by atoms with Crippen LogP contribution in [0.1, 0.15) is 18.4 Å². The first-order valence-electron chi connectivity index (χ1n) is 7.80. The fraction of sp³-hybridized carbons (Fsp3) is 0.562. The Balaban J connectivity index is 1.90. The van der Waals surface area contributed by atoms with E-state index in [1.807, 2.05) is 30.3 Å². The molecule has 0 amide bonds. The standard InChI is InChI=1S/C16H22F3N3S/c17-16(18,19)12-20-15(23)21-14(11-22-8-4-5-9-22)10-13-6-2-1-3-7-13/h1-3,6-7,14H,4-5,8-12H2,(H2,20,21,23)/t14-/m0/s1. The van der Waals surface area contributed by atoms with Crippen molar-refractivity contribution < 1.29 is 13.2 Å². The van der Waals surface area contributed by atoms with E-state index in [2.05, 4.69) is 15.5 Å². The molecule has 0 unspecified atom stereocenters. The van der Waals surface area contributed by atoms with E-state index in [-0.39, 0.29) is 11.2 Å². The fourth-order valence-electron chi connectivity index (χ4n) is 2.75. The van der Waals surface area contributed by atoms with Gasteiger partial charge in [-0.3, -0.25) is 0 Å². The van der Waals surface area contributed by atoms with E-state index in [1.165, 1.54) is 12.8 Å². The van der Waals surface area contributed by atoms with E-state index in [0.29, 0.717) is 0 Å². The van der Waals surface area contributed by atoms with Crippen LogP contribution in [0.4, 0.5) is 13.2 Å². The molecule has 1 aliphatic heterocycles. The number of hydrogen-bond acceptors (Lipinski definition) is 2. The summed E-state index contributed by atoms with van der Waals surface area (Å²) in [5.74, 6) is 0. The van der Waals surface area contributed by atoms with Crippen LogP contribution in [-0.2, 0) is 6.42 Å². The third kappa shape index (κ3) is 7.18. The third-order valence-electron chi connectivity index (χ3n) is 3.79. The van der Waals surface area contributed by atoms with Crippen LogP contribution in [0.25, 0.3) is 0 Å². The van der Waals surface area contributed by atoms with Gasteiger partial charge in [0.15, 0.2) is 5.11 Å². The minimum atomic E-state index is -4.27. The second-order valence-corrected chi connectivity index (χ2v) is 6.24. The van der Waals surface area contributed by atoms with E-state index in [4.69, 9.17) is 12.2 Å². The first kappa shape index (κ1) is 18.0. The number of nitrogens with zero attached hydrogens (tertiary/aromatic N) is 1. The molecule has 23 heavy (non-hydrogen) atoms. The summed E-state index contributed by atoms with van der Waals surface area (Å²) in [4.78, 5) is 2.33. The van der Waals surface area contributed by atoms with Gasteiger partial charge in [-0.2, -0.15) is 13.2 Å². The summed E-state index contributed by atoms with van der Waals surface area (Å²) in [6.07, 6.45) is -1.19. The van der Waals surface area contributed by atoms with E-state index >= 15 is 0 Å². The zero-order valence-corrected chi connectivity index (χ0v) is 13.7. The van der Waals surface area contributed by atoms with Crippen LogP contribution in [0.15, 0.2) is 30.3 Å². The first-order chi connectivity index (χ1) is 10.9. The molecule has 1 atom stereocenters. The lowest BCUT2D eigenvalue weighted by atomic mass is 10.1. The maximum absolute atomic E-state index is 12.3. The van der Waals surface area contributed by atoms with Gasteiger partial charge in [0.1, 0.15) is 6.54 Å². The molecular weight excluding hydrogens is 323 g/mol. The number of hydrogen-bond donors (Lipinski definition) is 2. The predicted octanol–water partition coefficient (Wildman–Crippen LogP) is 2.72. The minimum Gasteiger partial charge on any atom is -0.358 e. The number of rotatable bonds is 6. The van der Waals surface area contributed by atoms with Gasteiger partial charge in [0.25, 0.3) is 0 Å². The summed E-state index contributed by atoms with van der Waals surface area (Å²) in [6.45, 7) is 1.74. The highest BCUT2D eigenvalue weighted by Crippen LogP contribution is 2.13. The number of likely N-dealkylation sites (tertiary alicyclic amines) is 1. The maximum Gasteiger partial charge on any atom is 0.405 e. The summed E-state index contributed by atoms with van der Waals surface area (Å²) in [5.41, 5.74) is 1.14. The number of halogens is 3. The van der Waals surface area contributed by atoms with Crippen molar-refractivity contribution in [1.82, 2.24) is 15.5 Å². The lowest BCUT2D eigenvalue weighted by molar-refractivity contribution is -0.122. The molecule has 1 heterocycles. The second-order valence-electron chi connectivity index (χ2n) is 5.84. The lowest BCUT2D eigenvalue weighted by Gasteiger charge is -2.26. The molecule has 0 saturated carbocycles. The highest BCUT2D eigenvalue weighted by molar-refractivity contribution is 7.80. The zero-order chi connectivity index (χ0) is 16.7. The average Bonchev–Trinajstić information content (AvgIpc) is 2.98. The van der Waals surface area contributed by atoms with Crippen LogP contribution >= 0.6 is 12.2 Å². The van der Waals surface area contributed by atoms with Crippen LogP contribution < -0.4 is 10.6 Å². The highest BCUT2D eigenvalue weighted by atomic mass is 32.1. The van der Waals surface area contributed by atoms with Gasteiger partial charge in [-0.05, 0) is 50.1 Å². The molecular formula is C16H22F3N3S. The van der Waals surface area contributed by atoms with Crippen LogP contribution in [0.5, 0.6) is 0 Å². The van der Waals surface area contributed by atoms with Crippen molar-refractivity contribution in [3.63, 3.8) is 0 Å². The van der Waals surface area contributed by atoms with Crippen molar-refractivity contribution in [1.29, 1.82) is 0 Å². The number of nitrogens with one attached hydrogen (secondary N) is 2. The maximum atomic E-state index is 12.3. The van der Waals surface area contributed by atoms with Gasteiger partial charge in [-0.25, -0.2) is 0 Å². The highest BCUT2D eigenvalue weighted by Gasteiger charge is 2.27. The molecule has 0 aromatic heterocycles. The molecule has 1 aromatic rings. The fourth-order valence-corrected chi connectivity index (χ4v) is 2.99. The Morgan fingerprint density at radius 3 is 2.43 bits per heavy atom. The predicted molar refractivity (Wildman–Crippen MR) is 89.4 cm³/mol. The zero-order valence-electron chi connectivity index (χ0n) is 12.9. The summed E-state index contributed by atoms with van der Waals surface area (Å²) in [5, 5.41) is 5.34. The summed E-state index contributed by atoms with van der Waals surface area (Å²) < 4.78 is 36.8. The van der Waals surface area contributed by atoms with E-state index in [9.17, 15) is 13.2 Å². The first-order valence-corrected chi connectivity index (χ1v) is 8.20. The smallest absolute Gasteiger partial charge is 0.358 e. The Morgan fingerprint density at radius 2 is 1.83 bits per heavy atom. The van der Waals surface area contributed by atoms with Gasteiger partial charge in [-0.1, -0.05) is 30.3 Å². The van der Waals surface area contributed by atoms with Crippen molar-refractivity contribution in [2.75, 3.05) is 26.2 Å². The molecule has 1 fully saturated rings. The normalized spacial score (nSPS) is 17.0. The summed E-state index contributed by atoms with van der Waals surface area (Å²) in [6, 6.07) is 9.89. The number of thiocarbonyl (C=S) groups is 1. The topological polar surface area (TPSA) is 27.3 Å². The molecule has 2 rings (SSSR count). The average molecular weight is 345 g/mol. The molecule has 1 aliphatic rings. The summed E-state index contributed by atoms with van der Waals surface area (Å²) >= 11 is 5.01. The Bertz CT molecular complexity index is 487. The van der Waals surface area contributed by atoms with Crippen LogP contribution in [-0.4, -0.2) is 48.4 Å². The Hall–Kier alpha value is -1.34. The van der Waals surface area contributed by atoms with Crippen LogP contribution in [0.3, 0.4) is 0 Å². The molecule has 1 saturated heterocycles. The molecule has 1 aromatic carbocycles. The van der Waals surface area contributed by atoms with Crippen molar-refractivity contribution in [3.8, 4) is 0 Å². The van der Waals surface area contributed by atoms with E-state index in [0.717, 1.165) is 31.6 Å². The molecule has 0 aliphatic carbocycles. The van der Waals surface area contributed by atoms with Crippen molar-refractivity contribution in [2.45, 2.75) is 31.5 Å². The van der Waals surface area contributed by atoms with Gasteiger partial charge >= 0.3 is 6.18 Å². The van der Waals surface area contributed by atoms with Crippen LogP contribution in [0.2, 0.25) is 0 Å². The molecule has 0 radical (unpaired) electrons. The molecule has 128 valence electrons. The van der Waals surface area contributed by atoms with Gasteiger partial charge in [0.2, 0.25) is 0 Å². The third-order valence-corrected chi connectivity index (χ3v) is 4.05. The van der Waals surface area contributed by atoms with E-state index in [1.54, 1.807) is 0 Å². The largest absolute Gasteiger partial charge is 0.405 e. The number of benzene rings is 1. The molecule has 2 N–H and O–H groups in total. The molecule has 7 heteroatoms. The SMILES string of the molecule is FC(F)(F)CNC(=S)N[C@@H](Cc1ccccc1)CN1CCCC1. The van der Waals surface area contributed by atoms with Gasteiger partial charge < -0.3 is 15.5 Å². The number of alkyl halides is 3. The Kier molecular flexibility index (Phi) is 6.65. The Labute approximate surface area is 140 Å². The molecule has 0 bridgehead atoms. The van der Waals surface area contributed by atoms with Crippen molar-refractivity contribution in [2.24, 2.45) is 0 Å². The van der Waals surface area contributed by atoms with Gasteiger partial charge in [-0.15, -0.1) is 0 Å². The van der Waals surface area contributed by atoms with Crippen molar-refractivity contribution >= 4 is 17.3 Å². The van der Waals surface area contributed by atoms with E-state index < -0.39 is 12.7 Å². The quantitative estimate of drug-likeness (QED) is 0.776. The van der Waals surface area contributed by atoms with Gasteiger partial charge in [0, 0.05) is 12.6 Å². The van der Waals surface area contributed by atoms with Gasteiger partial charge in [0.05, 0.1) is 0 Å². The Morgan fingerprint density at radius 1 is 1.17 bits per heavy atom. The summed E-state index contributed by atoms with van der Waals surface area (Å²) in [7, 11) is 0. The van der Waals surface area contributed by atoms with Crippen molar-refractivity contribution in [3.05, 3.63) is 35.9 Å². The van der Waals surface area contributed by atoms with Crippen LogP contribution in [0, 0.1) is 0 Å². The molecule has 3 nitrogen and oxygen atoms in total. The lowest BCUT2D eigenvalue weighted by Crippen LogP contribution is -2.49. The molecule has 0 spiro atoms. The second kappa shape index (κ2) is 8.49. The minimum absolute atomic E-state index is 0.0104. The monoisotopic (exact) mass is 345 g/mol.